The number of nitro groups is 1. The van der Waals surface area contributed by atoms with Gasteiger partial charge in [0.2, 0.25) is 0 Å². The number of nitrogens with zero attached hydrogens (tertiary/aromatic N) is 1. The van der Waals surface area contributed by atoms with Gasteiger partial charge in [-0.15, -0.1) is 11.3 Å². The number of thiophene rings is 1. The summed E-state index contributed by atoms with van der Waals surface area (Å²) in [5, 5.41) is 13.8. The topological polar surface area (TPSA) is 55.2 Å². The third-order valence-electron chi connectivity index (χ3n) is 2.31. The first-order valence-electron chi connectivity index (χ1n) is 5.09. The van der Waals surface area contributed by atoms with Gasteiger partial charge in [0, 0.05) is 38.2 Å². The minimum absolute atomic E-state index is 0.0549. The molecule has 0 spiro atoms. The summed E-state index contributed by atoms with van der Waals surface area (Å²) in [6, 6.07) is 6.55. The highest BCUT2D eigenvalue weighted by Crippen LogP contribution is 2.33. The van der Waals surface area contributed by atoms with E-state index in [2.05, 4.69) is 37.2 Å². The molecule has 0 bridgehead atoms. The fourth-order valence-corrected chi connectivity index (χ4v) is 3.66. The SMILES string of the molecule is O=[N+]([O-])c1ccc(NCc2cc(Br)c(Cl)s2)c(Br)c1. The van der Waals surface area contributed by atoms with E-state index in [0.717, 1.165) is 15.0 Å². The first kappa shape index (κ1) is 14.8. The van der Waals surface area contributed by atoms with Crippen LogP contribution >= 0.6 is 54.8 Å². The molecule has 0 amide bonds. The highest BCUT2D eigenvalue weighted by molar-refractivity contribution is 9.11. The second-order valence-electron chi connectivity index (χ2n) is 3.61. The maximum atomic E-state index is 10.6. The van der Waals surface area contributed by atoms with Gasteiger partial charge < -0.3 is 5.32 Å². The molecule has 1 aromatic heterocycles. The van der Waals surface area contributed by atoms with Crippen molar-refractivity contribution in [3.05, 3.63) is 52.5 Å². The number of non-ortho nitro benzene ring substituents is 1. The predicted octanol–water partition coefficient (Wildman–Crippen LogP) is 5.45. The molecular formula is C11H7Br2ClN2O2S. The van der Waals surface area contributed by atoms with Crippen LogP contribution in [0.2, 0.25) is 4.34 Å². The molecule has 0 saturated heterocycles. The fourth-order valence-electron chi connectivity index (χ4n) is 1.42. The molecule has 0 saturated carbocycles. The van der Waals surface area contributed by atoms with Crippen molar-refractivity contribution >= 4 is 66.2 Å². The van der Waals surface area contributed by atoms with Gasteiger partial charge in [-0.1, -0.05) is 11.6 Å². The Morgan fingerprint density at radius 1 is 1.32 bits per heavy atom. The zero-order valence-corrected chi connectivity index (χ0v) is 14.1. The van der Waals surface area contributed by atoms with Crippen LogP contribution in [0.3, 0.4) is 0 Å². The van der Waals surface area contributed by atoms with Crippen molar-refractivity contribution in [1.29, 1.82) is 0 Å². The summed E-state index contributed by atoms with van der Waals surface area (Å²) >= 11 is 14.1. The molecule has 0 aliphatic rings. The lowest BCUT2D eigenvalue weighted by Gasteiger charge is -2.06. The lowest BCUT2D eigenvalue weighted by atomic mass is 10.3. The van der Waals surface area contributed by atoms with Crippen LogP contribution in [-0.2, 0) is 6.54 Å². The summed E-state index contributed by atoms with van der Waals surface area (Å²) in [5.74, 6) is 0. The van der Waals surface area contributed by atoms with Crippen molar-refractivity contribution in [3.8, 4) is 0 Å². The second-order valence-corrected chi connectivity index (χ2v) is 7.06. The van der Waals surface area contributed by atoms with Crippen LogP contribution in [0.25, 0.3) is 0 Å². The summed E-state index contributed by atoms with van der Waals surface area (Å²) in [4.78, 5) is 11.3. The van der Waals surface area contributed by atoms with E-state index in [1.807, 2.05) is 6.07 Å². The van der Waals surface area contributed by atoms with Gasteiger partial charge in [0.15, 0.2) is 0 Å². The van der Waals surface area contributed by atoms with Crippen LogP contribution in [0.1, 0.15) is 4.88 Å². The molecule has 2 aromatic rings. The molecule has 0 atom stereocenters. The van der Waals surface area contributed by atoms with Crippen LogP contribution in [-0.4, -0.2) is 4.92 Å². The number of hydrogen-bond donors (Lipinski definition) is 1. The zero-order chi connectivity index (χ0) is 14.0. The number of nitro benzene ring substituents is 1. The summed E-state index contributed by atoms with van der Waals surface area (Å²) < 4.78 is 2.24. The predicted molar refractivity (Wildman–Crippen MR) is 85.2 cm³/mol. The van der Waals surface area contributed by atoms with Crippen molar-refractivity contribution in [3.63, 3.8) is 0 Å². The first-order valence-corrected chi connectivity index (χ1v) is 7.87. The minimum Gasteiger partial charge on any atom is -0.379 e. The number of anilines is 1. The van der Waals surface area contributed by atoms with Crippen LogP contribution in [0.5, 0.6) is 0 Å². The van der Waals surface area contributed by atoms with Crippen molar-refractivity contribution in [2.75, 3.05) is 5.32 Å². The highest BCUT2D eigenvalue weighted by atomic mass is 79.9. The van der Waals surface area contributed by atoms with Crippen LogP contribution < -0.4 is 5.32 Å². The zero-order valence-electron chi connectivity index (χ0n) is 9.32. The molecule has 19 heavy (non-hydrogen) atoms. The van der Waals surface area contributed by atoms with Gasteiger partial charge in [0.1, 0.15) is 4.34 Å². The molecule has 0 aliphatic carbocycles. The van der Waals surface area contributed by atoms with Gasteiger partial charge in [0.25, 0.3) is 5.69 Å². The van der Waals surface area contributed by atoms with E-state index in [1.165, 1.54) is 23.5 Å². The molecule has 0 aliphatic heterocycles. The third kappa shape index (κ3) is 3.68. The molecule has 0 unspecified atom stereocenters. The van der Waals surface area contributed by atoms with Crippen LogP contribution in [0, 0.1) is 10.1 Å². The average Bonchev–Trinajstić information content (AvgIpc) is 2.67. The Balaban J connectivity index is 2.09. The van der Waals surface area contributed by atoms with Gasteiger partial charge in [-0.3, -0.25) is 10.1 Å². The summed E-state index contributed by atoms with van der Waals surface area (Å²) in [6.07, 6.45) is 0. The Morgan fingerprint density at radius 2 is 2.05 bits per heavy atom. The van der Waals surface area contributed by atoms with Crippen molar-refractivity contribution < 1.29 is 4.92 Å². The lowest BCUT2D eigenvalue weighted by molar-refractivity contribution is -0.384. The Morgan fingerprint density at radius 3 is 2.58 bits per heavy atom. The standard InChI is InChI=1S/C11H7Br2ClN2O2S/c12-8-3-6(16(17)18)1-2-10(8)15-5-7-4-9(13)11(14)19-7/h1-4,15H,5H2. The van der Waals surface area contributed by atoms with Gasteiger partial charge in [-0.05, 0) is 44.0 Å². The normalized spacial score (nSPS) is 10.5. The lowest BCUT2D eigenvalue weighted by Crippen LogP contribution is -1.98. The van der Waals surface area contributed by atoms with Crippen LogP contribution in [0.4, 0.5) is 11.4 Å². The molecule has 1 N–H and O–H groups in total. The molecule has 1 aromatic carbocycles. The molecule has 0 radical (unpaired) electrons. The van der Waals surface area contributed by atoms with Crippen LogP contribution in [0.15, 0.2) is 33.2 Å². The van der Waals surface area contributed by atoms with E-state index in [-0.39, 0.29) is 5.69 Å². The fraction of sp³-hybridized carbons (Fsp3) is 0.0909. The van der Waals surface area contributed by atoms with Crippen molar-refractivity contribution in [2.45, 2.75) is 6.54 Å². The minimum atomic E-state index is -0.426. The number of nitrogens with one attached hydrogen (secondary N) is 1. The van der Waals surface area contributed by atoms with Gasteiger partial charge in [0.05, 0.1) is 4.92 Å². The largest absolute Gasteiger partial charge is 0.379 e. The van der Waals surface area contributed by atoms with E-state index in [1.54, 1.807) is 6.07 Å². The summed E-state index contributed by atoms with van der Waals surface area (Å²) in [6.45, 7) is 0.604. The third-order valence-corrected chi connectivity index (χ3v) is 5.44. The molecule has 1 heterocycles. The Bertz CT molecular complexity index is 614. The number of halogens is 3. The maximum Gasteiger partial charge on any atom is 0.270 e. The maximum absolute atomic E-state index is 10.6. The van der Waals surface area contributed by atoms with E-state index < -0.39 is 4.92 Å². The Hall–Kier alpha value is -0.630. The van der Waals surface area contributed by atoms with E-state index in [0.29, 0.717) is 15.4 Å². The van der Waals surface area contributed by atoms with E-state index in [9.17, 15) is 10.1 Å². The quantitative estimate of drug-likeness (QED) is 0.523. The molecule has 4 nitrogen and oxygen atoms in total. The van der Waals surface area contributed by atoms with E-state index in [4.69, 9.17) is 11.6 Å². The molecule has 8 heteroatoms. The summed E-state index contributed by atoms with van der Waals surface area (Å²) in [5.41, 5.74) is 0.852. The van der Waals surface area contributed by atoms with Gasteiger partial charge >= 0.3 is 0 Å². The summed E-state index contributed by atoms with van der Waals surface area (Å²) in [7, 11) is 0. The van der Waals surface area contributed by atoms with Crippen molar-refractivity contribution in [2.24, 2.45) is 0 Å². The van der Waals surface area contributed by atoms with Crippen molar-refractivity contribution in [1.82, 2.24) is 0 Å². The molecule has 2 rings (SSSR count). The van der Waals surface area contributed by atoms with E-state index >= 15 is 0 Å². The highest BCUT2D eigenvalue weighted by Gasteiger charge is 2.10. The number of hydrogen-bond acceptors (Lipinski definition) is 4. The second kappa shape index (κ2) is 6.21. The van der Waals surface area contributed by atoms with Gasteiger partial charge in [-0.25, -0.2) is 0 Å². The monoisotopic (exact) mass is 424 g/mol. The Kier molecular flexibility index (Phi) is 4.83. The average molecular weight is 427 g/mol. The number of benzene rings is 1. The van der Waals surface area contributed by atoms with Gasteiger partial charge in [-0.2, -0.15) is 0 Å². The Labute approximate surface area is 135 Å². The molecule has 100 valence electrons. The molecular weight excluding hydrogens is 419 g/mol. The first-order chi connectivity index (χ1) is 8.97. The smallest absolute Gasteiger partial charge is 0.270 e. The number of rotatable bonds is 4. The molecule has 0 fully saturated rings.